The molecule has 0 saturated carbocycles. The van der Waals surface area contributed by atoms with Crippen LogP contribution in [0.1, 0.15) is 24.1 Å². The van der Waals surface area contributed by atoms with E-state index in [1.807, 2.05) is 31.2 Å². The number of aryl methyl sites for hydroxylation is 1. The molecule has 0 radical (unpaired) electrons. The number of Topliss-reactive ketones (excluding diaryl/α,β-unsaturated/α-hetero) is 1. The van der Waals surface area contributed by atoms with Crippen LogP contribution in [-0.2, 0) is 14.3 Å². The maximum absolute atomic E-state index is 12.9. The Morgan fingerprint density at radius 3 is 2.43 bits per heavy atom. The van der Waals surface area contributed by atoms with E-state index in [4.69, 9.17) is 23.8 Å². The standard InChI is InChI=1S/C21H19ClN2O3S/c1-12-5-4-6-16(11-12)24-13(2)17(19(25)20(26)27-3)18(23-21(24)28)14-7-9-15(22)10-8-14/h4-11,18H,1-3H3,(H,23,28)/t18-/m0/s1. The van der Waals surface area contributed by atoms with Gasteiger partial charge in [0, 0.05) is 16.4 Å². The van der Waals surface area contributed by atoms with Crippen LogP contribution in [0.15, 0.2) is 59.8 Å². The molecule has 5 nitrogen and oxygen atoms in total. The Hall–Kier alpha value is -2.70. The second kappa shape index (κ2) is 8.12. The van der Waals surface area contributed by atoms with Gasteiger partial charge in [0.25, 0.3) is 5.78 Å². The van der Waals surface area contributed by atoms with Gasteiger partial charge in [-0.05, 0) is 61.5 Å². The minimum Gasteiger partial charge on any atom is -0.463 e. The van der Waals surface area contributed by atoms with E-state index in [2.05, 4.69) is 10.1 Å². The molecule has 0 fully saturated rings. The molecule has 0 aromatic heterocycles. The van der Waals surface area contributed by atoms with Crippen molar-refractivity contribution >= 4 is 46.4 Å². The lowest BCUT2D eigenvalue weighted by Crippen LogP contribution is -2.48. The predicted octanol–water partition coefficient (Wildman–Crippen LogP) is 4.10. The number of carbonyl (C=O) groups is 2. The molecule has 0 aliphatic carbocycles. The first-order valence-electron chi connectivity index (χ1n) is 8.59. The molecule has 0 bridgehead atoms. The van der Waals surface area contributed by atoms with Gasteiger partial charge >= 0.3 is 5.97 Å². The maximum atomic E-state index is 12.9. The van der Waals surface area contributed by atoms with E-state index in [1.165, 1.54) is 7.11 Å². The molecule has 28 heavy (non-hydrogen) atoms. The zero-order valence-electron chi connectivity index (χ0n) is 15.7. The van der Waals surface area contributed by atoms with Crippen LogP contribution in [0, 0.1) is 6.92 Å². The van der Waals surface area contributed by atoms with E-state index in [0.29, 0.717) is 15.8 Å². The first-order valence-corrected chi connectivity index (χ1v) is 9.38. The summed E-state index contributed by atoms with van der Waals surface area (Å²) in [4.78, 5) is 26.7. The van der Waals surface area contributed by atoms with E-state index >= 15 is 0 Å². The number of carbonyl (C=O) groups excluding carboxylic acids is 2. The van der Waals surface area contributed by atoms with Crippen LogP contribution in [0.5, 0.6) is 0 Å². The third-order valence-corrected chi connectivity index (χ3v) is 5.12. The topological polar surface area (TPSA) is 58.6 Å². The number of ketones is 1. The zero-order valence-corrected chi connectivity index (χ0v) is 17.2. The maximum Gasteiger partial charge on any atom is 0.379 e. The monoisotopic (exact) mass is 414 g/mol. The van der Waals surface area contributed by atoms with Crippen LogP contribution >= 0.6 is 23.8 Å². The molecule has 1 N–H and O–H groups in total. The fourth-order valence-electron chi connectivity index (χ4n) is 3.22. The van der Waals surface area contributed by atoms with E-state index in [1.54, 1.807) is 36.1 Å². The highest BCUT2D eigenvalue weighted by molar-refractivity contribution is 7.80. The summed E-state index contributed by atoms with van der Waals surface area (Å²) in [5.74, 6) is -1.64. The van der Waals surface area contributed by atoms with Crippen LogP contribution in [0.25, 0.3) is 0 Å². The Kier molecular flexibility index (Phi) is 5.82. The molecular weight excluding hydrogens is 396 g/mol. The van der Waals surface area contributed by atoms with Crippen LogP contribution in [-0.4, -0.2) is 24.0 Å². The Labute approximate surface area is 173 Å². The number of rotatable bonds is 4. The van der Waals surface area contributed by atoms with E-state index in [9.17, 15) is 9.59 Å². The molecule has 0 unspecified atom stereocenters. The first-order chi connectivity index (χ1) is 13.3. The van der Waals surface area contributed by atoms with Crippen molar-refractivity contribution in [3.63, 3.8) is 0 Å². The van der Waals surface area contributed by atoms with E-state index < -0.39 is 17.8 Å². The molecule has 1 aliphatic heterocycles. The van der Waals surface area contributed by atoms with Gasteiger partial charge in [-0.25, -0.2) is 4.79 Å². The summed E-state index contributed by atoms with van der Waals surface area (Å²) in [5.41, 5.74) is 3.48. The summed E-state index contributed by atoms with van der Waals surface area (Å²) in [6.45, 7) is 3.74. The number of halogens is 1. The number of benzene rings is 2. The summed E-state index contributed by atoms with van der Waals surface area (Å²) in [6.07, 6.45) is 0. The van der Waals surface area contributed by atoms with Gasteiger partial charge < -0.3 is 10.1 Å². The van der Waals surface area contributed by atoms with Gasteiger partial charge in [-0.3, -0.25) is 9.69 Å². The SMILES string of the molecule is COC(=O)C(=O)C1=C(C)N(c2cccc(C)c2)C(=S)N[C@H]1c1ccc(Cl)cc1. The number of allylic oxidation sites excluding steroid dienone is 1. The van der Waals surface area contributed by atoms with Crippen LogP contribution in [0.2, 0.25) is 5.02 Å². The molecule has 0 amide bonds. The molecule has 0 spiro atoms. The number of ether oxygens (including phenoxy) is 1. The van der Waals surface area contributed by atoms with Crippen molar-refractivity contribution in [2.75, 3.05) is 12.0 Å². The molecule has 1 heterocycles. The number of anilines is 1. The van der Waals surface area contributed by atoms with Crippen LogP contribution in [0.3, 0.4) is 0 Å². The lowest BCUT2D eigenvalue weighted by atomic mass is 9.91. The van der Waals surface area contributed by atoms with Crippen LogP contribution < -0.4 is 10.2 Å². The molecule has 1 atom stereocenters. The van der Waals surface area contributed by atoms with Crippen LogP contribution in [0.4, 0.5) is 5.69 Å². The molecule has 144 valence electrons. The second-order valence-corrected chi connectivity index (χ2v) is 7.25. The Balaban J connectivity index is 2.17. The molecular formula is C21H19ClN2O3S. The first kappa shape index (κ1) is 20.0. The molecule has 1 aliphatic rings. The highest BCUT2D eigenvalue weighted by atomic mass is 35.5. The van der Waals surface area contributed by atoms with E-state index in [-0.39, 0.29) is 5.57 Å². The van der Waals surface area contributed by atoms with Crippen molar-refractivity contribution in [1.29, 1.82) is 0 Å². The number of thiocarbonyl (C=S) groups is 1. The van der Waals surface area contributed by atoms with Crippen molar-refractivity contribution in [2.24, 2.45) is 0 Å². The molecule has 3 rings (SSSR count). The van der Waals surface area contributed by atoms with Gasteiger partial charge in [0.2, 0.25) is 0 Å². The molecule has 7 heteroatoms. The quantitative estimate of drug-likeness (QED) is 0.461. The number of hydrogen-bond donors (Lipinski definition) is 1. The summed E-state index contributed by atoms with van der Waals surface area (Å²) in [5, 5.41) is 4.20. The van der Waals surface area contributed by atoms with Crippen molar-refractivity contribution < 1.29 is 14.3 Å². The summed E-state index contributed by atoms with van der Waals surface area (Å²) in [6, 6.07) is 14.2. The lowest BCUT2D eigenvalue weighted by Gasteiger charge is -2.37. The second-order valence-electron chi connectivity index (χ2n) is 6.43. The Morgan fingerprint density at radius 2 is 1.82 bits per heavy atom. The zero-order chi connectivity index (χ0) is 20.4. The number of hydrogen-bond acceptors (Lipinski definition) is 4. The smallest absolute Gasteiger partial charge is 0.379 e. The molecule has 2 aromatic carbocycles. The number of esters is 1. The highest BCUT2D eigenvalue weighted by Crippen LogP contribution is 2.34. The summed E-state index contributed by atoms with van der Waals surface area (Å²) >= 11 is 11.6. The third-order valence-electron chi connectivity index (χ3n) is 4.56. The molecule has 2 aromatic rings. The van der Waals surface area contributed by atoms with Crippen molar-refractivity contribution in [2.45, 2.75) is 19.9 Å². The van der Waals surface area contributed by atoms with Gasteiger partial charge in [0.1, 0.15) is 0 Å². The third kappa shape index (κ3) is 3.79. The minimum atomic E-state index is -0.924. The predicted molar refractivity (Wildman–Crippen MR) is 113 cm³/mol. The number of nitrogens with zero attached hydrogens (tertiary/aromatic N) is 1. The fraction of sp³-hybridized carbons (Fsp3) is 0.190. The average Bonchev–Trinajstić information content (AvgIpc) is 2.67. The van der Waals surface area contributed by atoms with Crippen molar-refractivity contribution in [3.05, 3.63) is 76.0 Å². The number of methoxy groups -OCH3 is 1. The minimum absolute atomic E-state index is 0.282. The van der Waals surface area contributed by atoms with Gasteiger partial charge in [0.05, 0.1) is 18.7 Å². The van der Waals surface area contributed by atoms with Crippen molar-refractivity contribution in [1.82, 2.24) is 5.32 Å². The highest BCUT2D eigenvalue weighted by Gasteiger charge is 2.37. The van der Waals surface area contributed by atoms with Gasteiger partial charge in [-0.1, -0.05) is 35.9 Å². The lowest BCUT2D eigenvalue weighted by molar-refractivity contribution is -0.150. The largest absolute Gasteiger partial charge is 0.463 e. The molecule has 0 saturated heterocycles. The Bertz CT molecular complexity index is 985. The fourth-order valence-corrected chi connectivity index (χ4v) is 3.71. The average molecular weight is 415 g/mol. The summed E-state index contributed by atoms with van der Waals surface area (Å²) < 4.78 is 4.68. The summed E-state index contributed by atoms with van der Waals surface area (Å²) in [7, 11) is 1.19. The van der Waals surface area contributed by atoms with Gasteiger partial charge in [0.15, 0.2) is 5.11 Å². The van der Waals surface area contributed by atoms with Crippen molar-refractivity contribution in [3.8, 4) is 0 Å². The number of nitrogens with one attached hydrogen (secondary N) is 1. The van der Waals surface area contributed by atoms with E-state index in [0.717, 1.165) is 16.8 Å². The van der Waals surface area contributed by atoms with Gasteiger partial charge in [-0.2, -0.15) is 0 Å². The van der Waals surface area contributed by atoms with Gasteiger partial charge in [-0.15, -0.1) is 0 Å². The normalized spacial score (nSPS) is 16.6. The Morgan fingerprint density at radius 1 is 1.14 bits per heavy atom.